The Hall–Kier alpha value is -6.85. The first-order chi connectivity index (χ1) is 28.1. The minimum absolute atomic E-state index is 0.0220. The van der Waals surface area contributed by atoms with Crippen molar-refractivity contribution in [2.75, 3.05) is 17.3 Å². The van der Waals surface area contributed by atoms with Crippen LogP contribution in [0, 0.1) is 24.0 Å². The molecule has 3 heterocycles. The molecule has 0 radical (unpaired) electrons. The fourth-order valence-corrected chi connectivity index (χ4v) is 9.42. The number of rotatable bonds is 10. The van der Waals surface area contributed by atoms with E-state index in [1.807, 2.05) is 38.1 Å². The number of amides is 1. The van der Waals surface area contributed by atoms with Crippen molar-refractivity contribution in [1.82, 2.24) is 9.78 Å². The fraction of sp³-hybridized carbons (Fsp3) is 0.167. The lowest BCUT2D eigenvalue weighted by Gasteiger charge is -2.40. The van der Waals surface area contributed by atoms with Gasteiger partial charge in [0, 0.05) is 17.2 Å². The normalized spacial score (nSPS) is 14.8. The summed E-state index contributed by atoms with van der Waals surface area (Å²) < 4.78 is 66.7. The SMILES string of the molecule is COc1cc(C2c3c(C)nn(-c4ccc(S(=O)(=O)c5ccc(C(C)C)cc5)cc4)c3N=C3C(=O)Nc4ccccc4N32)ccc1OS(=O)(=O)c1ccc(C)c([N+](=O)[O-])c1. The number of methoxy groups -OCH3 is 1. The summed E-state index contributed by atoms with van der Waals surface area (Å²) in [5.74, 6) is -0.0315. The van der Waals surface area contributed by atoms with Gasteiger partial charge in [0.1, 0.15) is 4.90 Å². The zero-order chi connectivity index (χ0) is 42.0. The molecule has 0 bridgehead atoms. The van der Waals surface area contributed by atoms with E-state index in [2.05, 4.69) is 5.32 Å². The van der Waals surface area contributed by atoms with Crippen LogP contribution in [0.5, 0.6) is 11.5 Å². The lowest BCUT2D eigenvalue weighted by atomic mass is 9.93. The highest BCUT2D eigenvalue weighted by Crippen LogP contribution is 2.49. The first-order valence-electron chi connectivity index (χ1n) is 18.3. The van der Waals surface area contributed by atoms with Gasteiger partial charge in [0.2, 0.25) is 15.7 Å². The first-order valence-corrected chi connectivity index (χ1v) is 21.2. The van der Waals surface area contributed by atoms with Crippen molar-refractivity contribution < 1.29 is 35.5 Å². The minimum Gasteiger partial charge on any atom is -0.493 e. The molecule has 6 aromatic rings. The van der Waals surface area contributed by atoms with E-state index in [1.54, 1.807) is 65.0 Å². The van der Waals surface area contributed by atoms with Crippen LogP contribution in [-0.4, -0.2) is 50.4 Å². The lowest BCUT2D eigenvalue weighted by Crippen LogP contribution is -2.48. The van der Waals surface area contributed by atoms with Crippen molar-refractivity contribution in [3.05, 3.63) is 147 Å². The molecule has 59 heavy (non-hydrogen) atoms. The smallest absolute Gasteiger partial charge is 0.339 e. The molecule has 1 aromatic heterocycles. The Labute approximate surface area is 339 Å². The molecular weight excluding hydrogens is 797 g/mol. The van der Waals surface area contributed by atoms with Gasteiger partial charge in [0.25, 0.3) is 11.6 Å². The summed E-state index contributed by atoms with van der Waals surface area (Å²) in [5.41, 5.74) is 4.28. The third kappa shape index (κ3) is 6.76. The van der Waals surface area contributed by atoms with E-state index in [9.17, 15) is 31.7 Å². The van der Waals surface area contributed by atoms with Crippen LogP contribution >= 0.6 is 0 Å². The molecule has 300 valence electrons. The highest BCUT2D eigenvalue weighted by Gasteiger charge is 2.43. The second kappa shape index (κ2) is 14.5. The van der Waals surface area contributed by atoms with Crippen LogP contribution in [0.1, 0.15) is 53.8 Å². The Morgan fingerprint density at radius 1 is 0.831 bits per heavy atom. The fourth-order valence-electron chi connectivity index (χ4n) is 7.20. The minimum atomic E-state index is -4.56. The van der Waals surface area contributed by atoms with E-state index in [1.165, 1.54) is 44.4 Å². The summed E-state index contributed by atoms with van der Waals surface area (Å²) in [7, 11) is -7.05. The maximum atomic E-state index is 13.8. The maximum Gasteiger partial charge on any atom is 0.339 e. The summed E-state index contributed by atoms with van der Waals surface area (Å²) in [5, 5.41) is 19.3. The topological polar surface area (TPSA) is 192 Å². The molecule has 1 amide bonds. The number of amidine groups is 1. The third-order valence-corrected chi connectivity index (χ3v) is 13.3. The van der Waals surface area contributed by atoms with Crippen molar-refractivity contribution in [2.24, 2.45) is 4.99 Å². The van der Waals surface area contributed by atoms with Crippen molar-refractivity contribution in [3.8, 4) is 17.2 Å². The first kappa shape index (κ1) is 39.0. The number of carbonyl (C=O) groups excluding carboxylic acids is 1. The molecule has 1 N–H and O–H groups in total. The number of hydrogen-bond acceptors (Lipinski definition) is 12. The van der Waals surface area contributed by atoms with Crippen LogP contribution in [0.25, 0.3) is 5.69 Å². The molecule has 2 aliphatic heterocycles. The summed E-state index contributed by atoms with van der Waals surface area (Å²) in [6.07, 6.45) is 0. The molecule has 1 unspecified atom stereocenters. The van der Waals surface area contributed by atoms with Gasteiger partial charge in [-0.3, -0.25) is 14.9 Å². The molecule has 0 spiro atoms. The summed E-state index contributed by atoms with van der Waals surface area (Å²) in [6, 6.07) is 27.6. The van der Waals surface area contributed by atoms with Crippen LogP contribution in [-0.2, 0) is 24.7 Å². The number of sulfone groups is 1. The van der Waals surface area contributed by atoms with Crippen molar-refractivity contribution in [3.63, 3.8) is 0 Å². The van der Waals surface area contributed by atoms with Crippen LogP contribution in [0.4, 0.5) is 22.9 Å². The van der Waals surface area contributed by atoms with Gasteiger partial charge >= 0.3 is 10.1 Å². The van der Waals surface area contributed by atoms with E-state index >= 15 is 0 Å². The van der Waals surface area contributed by atoms with Crippen molar-refractivity contribution >= 4 is 54.6 Å². The Balaban J connectivity index is 1.21. The highest BCUT2D eigenvalue weighted by molar-refractivity contribution is 7.91. The van der Waals surface area contributed by atoms with Gasteiger partial charge in [-0.25, -0.2) is 18.1 Å². The molecule has 0 saturated heterocycles. The zero-order valence-electron chi connectivity index (χ0n) is 32.3. The van der Waals surface area contributed by atoms with Gasteiger partial charge < -0.3 is 19.1 Å². The number of carbonyl (C=O) groups is 1. The standard InChI is InChI=1S/C42H36N6O9S2/c1-24(2)27-11-17-30(18-12-27)58(52,53)31-19-14-29(15-20-31)47-40-38(26(4)45-47)39(46-34-9-7-6-8-33(34)43-42(49)41(46)44-40)28-13-21-36(37(22-28)56-5)57-59(54,55)32-16-10-25(3)35(23-32)48(50)51/h6-24,39H,1-5H3,(H,43,49). The largest absolute Gasteiger partial charge is 0.493 e. The second-order valence-electron chi connectivity index (χ2n) is 14.3. The molecule has 0 saturated carbocycles. The monoisotopic (exact) mass is 832 g/mol. The predicted octanol–water partition coefficient (Wildman–Crippen LogP) is 7.72. The number of aliphatic imine (C=N–C) groups is 1. The van der Waals surface area contributed by atoms with E-state index < -0.39 is 41.7 Å². The number of nitro groups is 1. The maximum absolute atomic E-state index is 13.8. The van der Waals surface area contributed by atoms with E-state index in [0.717, 1.165) is 11.6 Å². The number of nitro benzene ring substituents is 1. The second-order valence-corrected chi connectivity index (χ2v) is 17.8. The van der Waals surface area contributed by atoms with Crippen molar-refractivity contribution in [2.45, 2.75) is 54.3 Å². The molecule has 0 fully saturated rings. The van der Waals surface area contributed by atoms with Crippen molar-refractivity contribution in [1.29, 1.82) is 0 Å². The van der Waals surface area contributed by atoms with Crippen LogP contribution in [0.15, 0.2) is 129 Å². The van der Waals surface area contributed by atoms with Gasteiger partial charge in [0.05, 0.1) is 50.6 Å². The Kier molecular flexibility index (Phi) is 9.59. The number of anilines is 2. The quantitative estimate of drug-likeness (QED) is 0.0807. The number of nitrogens with one attached hydrogen (secondary N) is 1. The number of nitrogens with zero attached hydrogens (tertiary/aromatic N) is 5. The van der Waals surface area contributed by atoms with Crippen LogP contribution in [0.3, 0.4) is 0 Å². The molecule has 8 rings (SSSR count). The lowest BCUT2D eigenvalue weighted by molar-refractivity contribution is -0.385. The molecule has 0 aliphatic carbocycles. The number of aryl methyl sites for hydroxylation is 2. The zero-order valence-corrected chi connectivity index (χ0v) is 33.9. The molecule has 2 aliphatic rings. The van der Waals surface area contributed by atoms with Gasteiger partial charge in [-0.15, -0.1) is 0 Å². The van der Waals surface area contributed by atoms with Gasteiger partial charge in [-0.2, -0.15) is 13.5 Å². The number of fused-ring (bicyclic) bond motifs is 4. The van der Waals surface area contributed by atoms with E-state index in [-0.39, 0.29) is 44.3 Å². The molecule has 15 nitrogen and oxygen atoms in total. The van der Waals surface area contributed by atoms with E-state index in [0.29, 0.717) is 39.7 Å². The molecule has 17 heteroatoms. The average Bonchev–Trinajstić information content (AvgIpc) is 3.55. The van der Waals surface area contributed by atoms with Gasteiger partial charge in [0.15, 0.2) is 17.3 Å². The van der Waals surface area contributed by atoms with Gasteiger partial charge in [-0.1, -0.05) is 50.2 Å². The Morgan fingerprint density at radius 3 is 2.15 bits per heavy atom. The highest BCUT2D eigenvalue weighted by atomic mass is 32.2. The summed E-state index contributed by atoms with van der Waals surface area (Å²) in [6.45, 7) is 7.36. The van der Waals surface area contributed by atoms with Crippen LogP contribution in [0.2, 0.25) is 0 Å². The molecule has 1 atom stereocenters. The number of hydrogen-bond donors (Lipinski definition) is 1. The third-order valence-electron chi connectivity index (χ3n) is 10.3. The van der Waals surface area contributed by atoms with Crippen LogP contribution < -0.4 is 19.1 Å². The Morgan fingerprint density at radius 2 is 1.49 bits per heavy atom. The number of para-hydroxylation sites is 2. The predicted molar refractivity (Wildman–Crippen MR) is 219 cm³/mol. The number of ether oxygens (including phenoxy) is 1. The molecular formula is C42H36N6O9S2. The average molecular weight is 833 g/mol. The summed E-state index contributed by atoms with van der Waals surface area (Å²) in [4.78, 5) is 31.2. The molecule has 5 aromatic carbocycles. The van der Waals surface area contributed by atoms with Gasteiger partial charge in [-0.05, 0) is 97.6 Å². The van der Waals surface area contributed by atoms with E-state index in [4.69, 9.17) is 19.0 Å². The number of benzene rings is 5. The summed E-state index contributed by atoms with van der Waals surface area (Å²) >= 11 is 0. The number of aromatic nitrogens is 2. The Bertz CT molecular complexity index is 2960.